The minimum absolute atomic E-state index is 0.00151. The van der Waals surface area contributed by atoms with E-state index in [0.29, 0.717) is 17.7 Å². The highest BCUT2D eigenvalue weighted by Crippen LogP contribution is 2.41. The third kappa shape index (κ3) is 11.2. The maximum Gasteiger partial charge on any atom is 0.326 e. The van der Waals surface area contributed by atoms with E-state index in [2.05, 4.69) is 32.1 Å². The Morgan fingerprint density at radius 2 is 1.81 bits per heavy atom. The lowest BCUT2D eigenvalue weighted by atomic mass is 10.0. The molecule has 0 aliphatic heterocycles. The van der Waals surface area contributed by atoms with E-state index >= 15 is 0 Å². The number of nitrogen functional groups attached to an aromatic ring is 1. The zero-order valence-corrected chi connectivity index (χ0v) is 27.3. The topological polar surface area (TPSA) is 173 Å². The van der Waals surface area contributed by atoms with Crippen molar-refractivity contribution < 1.29 is 28.4 Å². The molecule has 0 saturated heterocycles. The monoisotopic (exact) mass is 611 g/mol. The van der Waals surface area contributed by atoms with E-state index in [-0.39, 0.29) is 37.2 Å². The van der Waals surface area contributed by atoms with Crippen LogP contribution < -0.4 is 15.9 Å². The fourth-order valence-corrected chi connectivity index (χ4v) is 6.84. The lowest BCUT2D eigenvalue weighted by Crippen LogP contribution is -2.50. The Morgan fingerprint density at radius 1 is 1.10 bits per heavy atom. The molecular weight excluding hydrogens is 561 g/mol. The number of fused-ring (bicyclic) bond motifs is 1. The summed E-state index contributed by atoms with van der Waals surface area (Å²) in [6, 6.07) is -0.508. The van der Waals surface area contributed by atoms with Crippen molar-refractivity contribution in [1.82, 2.24) is 29.7 Å². The summed E-state index contributed by atoms with van der Waals surface area (Å²) < 4.78 is 33.2. The number of nitrogens with zero attached hydrogens (tertiary/aromatic N) is 4. The maximum atomic E-state index is 14.5. The smallest absolute Gasteiger partial charge is 0.326 e. The molecule has 42 heavy (non-hydrogen) atoms. The standard InChI is InChI=1S/C28H50N7O6P/c1-9-10-11-12-13-39-27(37)28(7,8)34-42(38,33-22(19(2)3)14-23(36)41-20(4)5)18-40-21(6)15-35-17-32-24-25(29)30-16-31-26(24)35/h16-17,19-22H,9-15,18H2,1-8H3,(H2,29,30,31)(H2,33,34,38)/t21-,22-,42?/m1/s1. The van der Waals surface area contributed by atoms with Crippen molar-refractivity contribution >= 4 is 36.4 Å². The molecule has 14 heteroatoms. The Balaban J connectivity index is 2.20. The van der Waals surface area contributed by atoms with Crippen molar-refractivity contribution in [3.05, 3.63) is 12.7 Å². The van der Waals surface area contributed by atoms with Gasteiger partial charge in [0.25, 0.3) is 0 Å². The van der Waals surface area contributed by atoms with Crippen LogP contribution in [0.3, 0.4) is 0 Å². The van der Waals surface area contributed by atoms with Gasteiger partial charge in [-0.2, -0.15) is 0 Å². The van der Waals surface area contributed by atoms with Crippen molar-refractivity contribution in [2.75, 3.05) is 18.7 Å². The number of anilines is 1. The average molecular weight is 612 g/mol. The normalized spacial score (nSPS) is 15.1. The van der Waals surface area contributed by atoms with Crippen molar-refractivity contribution in [1.29, 1.82) is 0 Å². The highest BCUT2D eigenvalue weighted by Gasteiger charge is 2.39. The van der Waals surface area contributed by atoms with Gasteiger partial charge in [0.05, 0.1) is 38.1 Å². The number of imidazole rings is 1. The zero-order chi connectivity index (χ0) is 31.5. The Kier molecular flexibility index (Phi) is 13.8. The van der Waals surface area contributed by atoms with Crippen LogP contribution >= 0.6 is 7.44 Å². The Bertz CT molecular complexity index is 1200. The summed E-state index contributed by atoms with van der Waals surface area (Å²) in [5.41, 5.74) is 5.65. The van der Waals surface area contributed by atoms with Crippen LogP contribution in [0, 0.1) is 5.92 Å². The Hall–Kier alpha value is -2.60. The van der Waals surface area contributed by atoms with Crippen LogP contribution in [0.2, 0.25) is 0 Å². The summed E-state index contributed by atoms with van der Waals surface area (Å²) in [5, 5.41) is 6.14. The van der Waals surface area contributed by atoms with Crippen molar-refractivity contribution in [3.63, 3.8) is 0 Å². The number of rotatable bonds is 19. The van der Waals surface area contributed by atoms with Crippen molar-refractivity contribution in [2.24, 2.45) is 5.92 Å². The molecule has 0 spiro atoms. The van der Waals surface area contributed by atoms with Gasteiger partial charge >= 0.3 is 11.9 Å². The summed E-state index contributed by atoms with van der Waals surface area (Å²) in [6.45, 7) is 15.2. The number of nitrogens with one attached hydrogen (secondary N) is 2. The molecular formula is C28H50N7O6P. The third-order valence-electron chi connectivity index (χ3n) is 6.56. The second-order valence-corrected chi connectivity index (χ2v) is 14.0. The predicted octanol–water partition coefficient (Wildman–Crippen LogP) is 4.41. The molecule has 1 unspecified atom stereocenters. The van der Waals surface area contributed by atoms with Gasteiger partial charge in [0.1, 0.15) is 23.7 Å². The molecule has 0 fully saturated rings. The number of esters is 2. The molecule has 0 bridgehead atoms. The molecule has 0 aliphatic rings. The predicted molar refractivity (Wildman–Crippen MR) is 163 cm³/mol. The molecule has 2 aromatic heterocycles. The summed E-state index contributed by atoms with van der Waals surface area (Å²) in [7, 11) is -3.65. The quantitative estimate of drug-likeness (QED) is 0.116. The highest BCUT2D eigenvalue weighted by atomic mass is 31.2. The zero-order valence-electron chi connectivity index (χ0n) is 26.4. The molecule has 238 valence electrons. The number of aromatic nitrogens is 4. The molecule has 3 atom stereocenters. The number of nitrogens with two attached hydrogens (primary N) is 1. The van der Waals surface area contributed by atoms with E-state index in [1.165, 1.54) is 6.33 Å². The summed E-state index contributed by atoms with van der Waals surface area (Å²) in [4.78, 5) is 38.0. The van der Waals surface area contributed by atoms with E-state index in [0.717, 1.165) is 25.7 Å². The van der Waals surface area contributed by atoms with Gasteiger partial charge in [0.2, 0.25) is 7.44 Å². The van der Waals surface area contributed by atoms with Gasteiger partial charge in [-0.3, -0.25) is 14.2 Å². The van der Waals surface area contributed by atoms with Gasteiger partial charge in [-0.1, -0.05) is 40.0 Å². The molecule has 4 N–H and O–H groups in total. The average Bonchev–Trinajstić information content (AvgIpc) is 3.30. The number of hydrogen-bond donors (Lipinski definition) is 3. The molecule has 2 aromatic rings. The number of ether oxygens (including phenoxy) is 3. The van der Waals surface area contributed by atoms with E-state index < -0.39 is 37.1 Å². The SMILES string of the molecule is CCCCCCOC(=O)C(C)(C)NP(=O)(CO[C@H](C)Cn1cnc2c(N)ncnc21)N[C@H](CC(=O)OC(C)C)C(C)C. The van der Waals surface area contributed by atoms with Crippen LogP contribution in [0.4, 0.5) is 5.82 Å². The summed E-state index contributed by atoms with van der Waals surface area (Å²) in [6.07, 6.45) is 5.89. The first-order chi connectivity index (χ1) is 19.7. The van der Waals surface area contributed by atoms with Crippen LogP contribution in [-0.4, -0.2) is 68.2 Å². The molecule has 0 saturated carbocycles. The Morgan fingerprint density at radius 3 is 2.45 bits per heavy atom. The van der Waals surface area contributed by atoms with Crippen LogP contribution in [0.15, 0.2) is 12.7 Å². The second-order valence-electron chi connectivity index (χ2n) is 11.8. The molecule has 0 aromatic carbocycles. The van der Waals surface area contributed by atoms with Gasteiger partial charge in [-0.25, -0.2) is 25.1 Å². The molecule has 13 nitrogen and oxygen atoms in total. The van der Waals surface area contributed by atoms with Crippen molar-refractivity contribution in [3.8, 4) is 0 Å². The van der Waals surface area contributed by atoms with E-state index in [1.807, 2.05) is 20.8 Å². The van der Waals surface area contributed by atoms with Gasteiger partial charge in [-0.05, 0) is 47.0 Å². The molecule has 2 heterocycles. The molecule has 0 aliphatic carbocycles. The number of hydrogen-bond acceptors (Lipinski definition) is 10. The largest absolute Gasteiger partial charge is 0.464 e. The first-order valence-electron chi connectivity index (χ1n) is 14.7. The lowest BCUT2D eigenvalue weighted by Gasteiger charge is -2.34. The minimum atomic E-state index is -3.65. The fraction of sp³-hybridized carbons (Fsp3) is 0.750. The van der Waals surface area contributed by atoms with Crippen LogP contribution in [0.5, 0.6) is 0 Å². The van der Waals surface area contributed by atoms with E-state index in [1.54, 1.807) is 38.6 Å². The maximum absolute atomic E-state index is 14.5. The number of carbonyl (C=O) groups is 2. The Labute approximate surface area is 249 Å². The first kappa shape index (κ1) is 35.6. The highest BCUT2D eigenvalue weighted by molar-refractivity contribution is 7.59. The van der Waals surface area contributed by atoms with Crippen LogP contribution in [-0.2, 0) is 34.9 Å². The van der Waals surface area contributed by atoms with Crippen molar-refractivity contribution in [2.45, 2.75) is 118 Å². The van der Waals surface area contributed by atoms with Gasteiger partial charge < -0.3 is 24.5 Å². The second kappa shape index (κ2) is 16.3. The summed E-state index contributed by atoms with van der Waals surface area (Å²) >= 11 is 0. The summed E-state index contributed by atoms with van der Waals surface area (Å²) in [5.74, 6) is -0.721. The third-order valence-corrected chi connectivity index (χ3v) is 8.74. The lowest BCUT2D eigenvalue weighted by molar-refractivity contribution is -0.150. The minimum Gasteiger partial charge on any atom is -0.464 e. The van der Waals surface area contributed by atoms with Gasteiger partial charge in [0, 0.05) is 6.04 Å². The van der Waals surface area contributed by atoms with Gasteiger partial charge in [-0.15, -0.1) is 0 Å². The first-order valence-corrected chi connectivity index (χ1v) is 16.6. The van der Waals surface area contributed by atoms with Crippen LogP contribution in [0.25, 0.3) is 11.2 Å². The van der Waals surface area contributed by atoms with Gasteiger partial charge in [0.15, 0.2) is 11.5 Å². The number of unbranched alkanes of at least 4 members (excludes halogenated alkanes) is 3. The van der Waals surface area contributed by atoms with Crippen LogP contribution in [0.1, 0.15) is 87.5 Å². The van der Waals surface area contributed by atoms with E-state index in [9.17, 15) is 14.2 Å². The molecule has 2 rings (SSSR count). The number of carbonyl (C=O) groups excluding carboxylic acids is 2. The molecule has 0 radical (unpaired) electrons. The fourth-order valence-electron chi connectivity index (χ4n) is 4.26. The van der Waals surface area contributed by atoms with E-state index in [4.69, 9.17) is 19.9 Å². The molecule has 0 amide bonds.